The summed E-state index contributed by atoms with van der Waals surface area (Å²) in [6.07, 6.45) is 5.10. The Bertz CT molecular complexity index is 482. The fraction of sp³-hybridized carbons (Fsp3) is 0.364. The molecule has 2 aromatic heterocycles. The molecule has 0 spiro atoms. The number of hydrogen-bond donors (Lipinski definition) is 1. The third-order valence-electron chi connectivity index (χ3n) is 2.67. The Kier molecular flexibility index (Phi) is 3.34. The van der Waals surface area contributed by atoms with E-state index in [1.807, 2.05) is 20.2 Å². The summed E-state index contributed by atoms with van der Waals surface area (Å²) in [5.74, 6) is 0.753. The molecule has 0 saturated heterocycles. The van der Waals surface area contributed by atoms with Crippen LogP contribution in [0, 0.1) is 0 Å². The lowest BCUT2D eigenvalue weighted by Gasteiger charge is -2.17. The molecule has 0 aliphatic heterocycles. The monoisotopic (exact) mass is 233 g/mol. The van der Waals surface area contributed by atoms with Gasteiger partial charge in [-0.3, -0.25) is 4.68 Å². The molecule has 0 aliphatic rings. The Labute approximate surface area is 99.6 Å². The molecule has 6 nitrogen and oxygen atoms in total. The zero-order chi connectivity index (χ0) is 12.3. The summed E-state index contributed by atoms with van der Waals surface area (Å²) in [7, 11) is 5.41. The molecular weight excluding hydrogens is 218 g/mol. The van der Waals surface area contributed by atoms with Gasteiger partial charge in [-0.15, -0.1) is 0 Å². The molecular formula is C11H15N5O. The van der Waals surface area contributed by atoms with E-state index in [0.717, 1.165) is 17.0 Å². The summed E-state index contributed by atoms with van der Waals surface area (Å²) in [5, 5.41) is 15.1. The quantitative estimate of drug-likeness (QED) is 0.834. The second-order valence-corrected chi connectivity index (χ2v) is 3.62. The smallest absolute Gasteiger partial charge is 0.161 e. The number of aryl methyl sites for hydroxylation is 1. The van der Waals surface area contributed by atoms with Gasteiger partial charge >= 0.3 is 0 Å². The maximum atomic E-state index is 5.31. The molecule has 2 rings (SSSR count). The normalized spacial score (nSPS) is 12.4. The lowest BCUT2D eigenvalue weighted by molar-refractivity contribution is 0.402. The Morgan fingerprint density at radius 2 is 2.18 bits per heavy atom. The van der Waals surface area contributed by atoms with E-state index in [1.165, 1.54) is 0 Å². The van der Waals surface area contributed by atoms with Crippen LogP contribution in [0.2, 0.25) is 0 Å². The highest BCUT2D eigenvalue weighted by Crippen LogP contribution is 2.28. The van der Waals surface area contributed by atoms with Crippen molar-refractivity contribution in [1.82, 2.24) is 25.3 Å². The Morgan fingerprint density at radius 1 is 1.35 bits per heavy atom. The zero-order valence-corrected chi connectivity index (χ0v) is 10.1. The second kappa shape index (κ2) is 4.92. The van der Waals surface area contributed by atoms with E-state index >= 15 is 0 Å². The fourth-order valence-corrected chi connectivity index (χ4v) is 1.85. The fourth-order valence-electron chi connectivity index (χ4n) is 1.85. The number of aromatic nitrogens is 4. The van der Waals surface area contributed by atoms with E-state index in [2.05, 4.69) is 20.6 Å². The van der Waals surface area contributed by atoms with E-state index in [-0.39, 0.29) is 6.04 Å². The van der Waals surface area contributed by atoms with Gasteiger partial charge in [0, 0.05) is 13.2 Å². The molecule has 0 radical (unpaired) electrons. The summed E-state index contributed by atoms with van der Waals surface area (Å²) < 4.78 is 7.10. The summed E-state index contributed by atoms with van der Waals surface area (Å²) in [5.41, 5.74) is 1.98. The van der Waals surface area contributed by atoms with Crippen LogP contribution < -0.4 is 10.1 Å². The van der Waals surface area contributed by atoms with Gasteiger partial charge in [-0.25, -0.2) is 0 Å². The summed E-state index contributed by atoms with van der Waals surface area (Å²) in [4.78, 5) is 0. The first-order valence-electron chi connectivity index (χ1n) is 5.27. The first-order valence-corrected chi connectivity index (χ1v) is 5.27. The van der Waals surface area contributed by atoms with Gasteiger partial charge in [-0.2, -0.15) is 15.3 Å². The molecule has 2 aromatic rings. The average molecular weight is 233 g/mol. The van der Waals surface area contributed by atoms with Crippen molar-refractivity contribution in [2.45, 2.75) is 6.04 Å². The predicted molar refractivity (Wildman–Crippen MR) is 62.7 cm³/mol. The summed E-state index contributed by atoms with van der Waals surface area (Å²) >= 11 is 0. The van der Waals surface area contributed by atoms with E-state index in [4.69, 9.17) is 4.74 Å². The van der Waals surface area contributed by atoms with Gasteiger partial charge in [-0.05, 0) is 18.7 Å². The molecule has 0 bridgehead atoms. The van der Waals surface area contributed by atoms with Gasteiger partial charge in [0.05, 0.1) is 25.5 Å². The summed E-state index contributed by atoms with van der Waals surface area (Å²) in [6.45, 7) is 0. The van der Waals surface area contributed by atoms with Gasteiger partial charge in [0.1, 0.15) is 5.69 Å². The van der Waals surface area contributed by atoms with Gasteiger partial charge in [0.2, 0.25) is 0 Å². The van der Waals surface area contributed by atoms with Gasteiger partial charge in [0.15, 0.2) is 5.75 Å². The lowest BCUT2D eigenvalue weighted by Crippen LogP contribution is -2.21. The number of nitrogens with zero attached hydrogens (tertiary/aromatic N) is 4. The van der Waals surface area contributed by atoms with Crippen molar-refractivity contribution >= 4 is 0 Å². The van der Waals surface area contributed by atoms with Crippen LogP contribution in [0.15, 0.2) is 24.7 Å². The lowest BCUT2D eigenvalue weighted by atomic mass is 10.1. The number of rotatable bonds is 4. The number of ether oxygens (including phenoxy) is 1. The van der Waals surface area contributed by atoms with Crippen LogP contribution in [-0.2, 0) is 7.05 Å². The van der Waals surface area contributed by atoms with E-state index < -0.39 is 0 Å². The highest BCUT2D eigenvalue weighted by atomic mass is 16.5. The topological polar surface area (TPSA) is 64.9 Å². The van der Waals surface area contributed by atoms with Crippen LogP contribution in [0.3, 0.4) is 0 Å². The van der Waals surface area contributed by atoms with E-state index in [9.17, 15) is 0 Å². The molecule has 0 amide bonds. The first-order chi connectivity index (χ1) is 8.27. The maximum absolute atomic E-state index is 5.31. The molecule has 0 aliphatic carbocycles. The molecule has 2 heterocycles. The third-order valence-corrected chi connectivity index (χ3v) is 2.67. The highest BCUT2D eigenvalue weighted by molar-refractivity contribution is 5.34. The van der Waals surface area contributed by atoms with E-state index in [0.29, 0.717) is 0 Å². The van der Waals surface area contributed by atoms with Crippen LogP contribution >= 0.6 is 0 Å². The summed E-state index contributed by atoms with van der Waals surface area (Å²) in [6, 6.07) is 1.90. The zero-order valence-electron chi connectivity index (χ0n) is 10.1. The minimum Gasteiger partial charge on any atom is -0.493 e. The van der Waals surface area contributed by atoms with Crippen LogP contribution in [0.25, 0.3) is 0 Å². The van der Waals surface area contributed by atoms with Crippen LogP contribution in [0.4, 0.5) is 0 Å². The van der Waals surface area contributed by atoms with Crippen molar-refractivity contribution in [3.63, 3.8) is 0 Å². The van der Waals surface area contributed by atoms with Crippen molar-refractivity contribution in [3.05, 3.63) is 35.9 Å². The number of nitrogens with one attached hydrogen (secondary N) is 1. The predicted octanol–water partition coefficient (Wildman–Crippen LogP) is 0.527. The van der Waals surface area contributed by atoms with E-state index in [1.54, 1.807) is 30.4 Å². The molecule has 0 aromatic carbocycles. The van der Waals surface area contributed by atoms with Gasteiger partial charge in [0.25, 0.3) is 0 Å². The minimum atomic E-state index is -0.0204. The SMILES string of the molecule is CNC(c1ccnnc1)c1c(OC)cnn1C. The molecule has 17 heavy (non-hydrogen) atoms. The molecule has 1 unspecified atom stereocenters. The Hall–Kier alpha value is -1.95. The minimum absolute atomic E-state index is 0.0204. The molecule has 90 valence electrons. The maximum Gasteiger partial charge on any atom is 0.161 e. The molecule has 1 atom stereocenters. The van der Waals surface area contributed by atoms with Crippen LogP contribution in [0.1, 0.15) is 17.3 Å². The Balaban J connectivity index is 2.45. The van der Waals surface area contributed by atoms with Gasteiger partial charge < -0.3 is 10.1 Å². The van der Waals surface area contributed by atoms with Gasteiger partial charge in [-0.1, -0.05) is 0 Å². The number of methoxy groups -OCH3 is 1. The van der Waals surface area contributed by atoms with Crippen molar-refractivity contribution < 1.29 is 4.74 Å². The van der Waals surface area contributed by atoms with Crippen LogP contribution in [0.5, 0.6) is 5.75 Å². The largest absolute Gasteiger partial charge is 0.493 e. The van der Waals surface area contributed by atoms with Crippen molar-refractivity contribution in [2.24, 2.45) is 7.05 Å². The number of hydrogen-bond acceptors (Lipinski definition) is 5. The van der Waals surface area contributed by atoms with Crippen LogP contribution in [-0.4, -0.2) is 34.1 Å². The standard InChI is InChI=1S/C11H15N5O/c1-12-10(8-4-5-13-14-6-8)11-9(17-3)7-15-16(11)2/h4-7,10,12H,1-3H3. The molecule has 0 fully saturated rings. The first kappa shape index (κ1) is 11.5. The van der Waals surface area contributed by atoms with Crippen molar-refractivity contribution in [2.75, 3.05) is 14.2 Å². The molecule has 0 saturated carbocycles. The molecule has 1 N–H and O–H groups in total. The van der Waals surface area contributed by atoms with Crippen molar-refractivity contribution in [1.29, 1.82) is 0 Å². The highest BCUT2D eigenvalue weighted by Gasteiger charge is 2.21. The van der Waals surface area contributed by atoms with Crippen molar-refractivity contribution in [3.8, 4) is 5.75 Å². The average Bonchev–Trinajstić information content (AvgIpc) is 2.74. The Morgan fingerprint density at radius 3 is 2.76 bits per heavy atom. The third kappa shape index (κ3) is 2.12. The second-order valence-electron chi connectivity index (χ2n) is 3.62. The molecule has 6 heteroatoms.